The van der Waals surface area contributed by atoms with Gasteiger partial charge in [-0.15, -0.1) is 0 Å². The van der Waals surface area contributed by atoms with Crippen LogP contribution in [0.3, 0.4) is 0 Å². The first-order chi connectivity index (χ1) is 12.3. The van der Waals surface area contributed by atoms with Gasteiger partial charge in [0.05, 0.1) is 33.3 Å². The maximum atomic E-state index is 12.4. The molecule has 1 aliphatic heterocycles. The maximum Gasteiger partial charge on any atom is 0.260 e. The van der Waals surface area contributed by atoms with Crippen molar-refractivity contribution in [3.8, 4) is 11.5 Å². The molecule has 0 saturated carbocycles. The zero-order valence-electron chi connectivity index (χ0n) is 14.5. The van der Waals surface area contributed by atoms with Crippen LogP contribution in [0.25, 0.3) is 0 Å². The summed E-state index contributed by atoms with van der Waals surface area (Å²) in [6, 6.07) is 11.5. The number of ether oxygens (including phenoxy) is 2. The lowest BCUT2D eigenvalue weighted by molar-refractivity contribution is -0.917. The average molecular weight is 342 g/mol. The number of piperazine rings is 1. The average Bonchev–Trinajstić information content (AvgIpc) is 2.67. The maximum absolute atomic E-state index is 12.4. The van der Waals surface area contributed by atoms with Gasteiger partial charge in [-0.1, -0.05) is 12.1 Å². The molecule has 1 amide bonds. The van der Waals surface area contributed by atoms with Crippen LogP contribution in [0.4, 0.5) is 0 Å². The molecule has 6 nitrogen and oxygen atoms in total. The summed E-state index contributed by atoms with van der Waals surface area (Å²) in [6.07, 6.45) is 3.65. The number of carbonyl (C=O) groups excluding carboxylic acids is 1. The minimum absolute atomic E-state index is 0.0221. The number of methoxy groups -OCH3 is 1. The second-order valence-corrected chi connectivity index (χ2v) is 6.10. The molecule has 0 bridgehead atoms. The molecule has 0 spiro atoms. The standard InChI is InChI=1S/C19H23N3O3/c1-24-17-4-2-3-5-18(17)25-15-19(23)22-12-10-21(11-13-22)14-16-6-8-20-9-7-16/h2-9H,10-15H2,1H3/p+1. The van der Waals surface area contributed by atoms with Gasteiger partial charge in [-0.05, 0) is 24.3 Å². The Kier molecular flexibility index (Phi) is 5.85. The van der Waals surface area contributed by atoms with E-state index >= 15 is 0 Å². The number of para-hydroxylation sites is 2. The molecule has 2 aromatic rings. The fourth-order valence-corrected chi connectivity index (χ4v) is 3.01. The third-order valence-electron chi connectivity index (χ3n) is 4.45. The van der Waals surface area contributed by atoms with Crippen LogP contribution in [-0.2, 0) is 11.3 Å². The SMILES string of the molecule is COc1ccccc1OCC(=O)N1CC[NH+](Cc2ccncc2)CC1. The topological polar surface area (TPSA) is 56.1 Å². The van der Waals surface area contributed by atoms with E-state index in [1.165, 1.54) is 10.5 Å². The predicted octanol–water partition coefficient (Wildman–Crippen LogP) is 0.396. The van der Waals surface area contributed by atoms with Crippen LogP contribution < -0.4 is 14.4 Å². The first-order valence-corrected chi connectivity index (χ1v) is 8.52. The fourth-order valence-electron chi connectivity index (χ4n) is 3.01. The van der Waals surface area contributed by atoms with Crippen molar-refractivity contribution in [1.82, 2.24) is 9.88 Å². The minimum atomic E-state index is 0.0221. The number of hydrogen-bond donors (Lipinski definition) is 1. The van der Waals surface area contributed by atoms with Crippen molar-refractivity contribution in [2.45, 2.75) is 6.54 Å². The molecule has 3 rings (SSSR count). The zero-order chi connectivity index (χ0) is 17.5. The van der Waals surface area contributed by atoms with Crippen LogP contribution in [0.15, 0.2) is 48.8 Å². The monoisotopic (exact) mass is 342 g/mol. The lowest BCUT2D eigenvalue weighted by Crippen LogP contribution is -3.13. The predicted molar refractivity (Wildman–Crippen MR) is 93.7 cm³/mol. The second-order valence-electron chi connectivity index (χ2n) is 6.10. The van der Waals surface area contributed by atoms with E-state index < -0.39 is 0 Å². The Hall–Kier alpha value is -2.60. The molecule has 1 aromatic carbocycles. The molecular weight excluding hydrogens is 318 g/mol. The Morgan fingerprint density at radius 1 is 1.12 bits per heavy atom. The van der Waals surface area contributed by atoms with Crippen LogP contribution in [0.1, 0.15) is 5.56 Å². The highest BCUT2D eigenvalue weighted by molar-refractivity contribution is 5.77. The van der Waals surface area contributed by atoms with Crippen LogP contribution in [0.2, 0.25) is 0 Å². The van der Waals surface area contributed by atoms with Gasteiger partial charge in [-0.25, -0.2) is 0 Å². The smallest absolute Gasteiger partial charge is 0.260 e. The highest BCUT2D eigenvalue weighted by Gasteiger charge is 2.24. The van der Waals surface area contributed by atoms with Crippen molar-refractivity contribution >= 4 is 5.91 Å². The van der Waals surface area contributed by atoms with Crippen molar-refractivity contribution in [2.75, 3.05) is 39.9 Å². The molecular formula is C19H24N3O3+. The summed E-state index contributed by atoms with van der Waals surface area (Å²) >= 11 is 0. The number of aromatic nitrogens is 1. The largest absolute Gasteiger partial charge is 0.493 e. The quantitative estimate of drug-likeness (QED) is 0.826. The molecule has 2 heterocycles. The number of pyridine rings is 1. The summed E-state index contributed by atoms with van der Waals surface area (Å²) in [5, 5.41) is 0. The van der Waals surface area contributed by atoms with E-state index in [0.717, 1.165) is 32.7 Å². The first kappa shape index (κ1) is 17.2. The molecule has 1 aromatic heterocycles. The summed E-state index contributed by atoms with van der Waals surface area (Å²) in [6.45, 7) is 4.43. The number of quaternary nitrogens is 1. The summed E-state index contributed by atoms with van der Waals surface area (Å²) in [7, 11) is 1.59. The van der Waals surface area contributed by atoms with Gasteiger partial charge < -0.3 is 19.3 Å². The number of nitrogens with one attached hydrogen (secondary N) is 1. The van der Waals surface area contributed by atoms with E-state index in [-0.39, 0.29) is 12.5 Å². The van der Waals surface area contributed by atoms with Gasteiger partial charge in [0.15, 0.2) is 18.1 Å². The number of rotatable bonds is 6. The molecule has 1 fully saturated rings. The van der Waals surface area contributed by atoms with Crippen LogP contribution >= 0.6 is 0 Å². The molecule has 0 aliphatic carbocycles. The van der Waals surface area contributed by atoms with Crippen molar-refractivity contribution in [3.05, 3.63) is 54.4 Å². The third kappa shape index (κ3) is 4.70. The van der Waals surface area contributed by atoms with Crippen LogP contribution in [0, 0.1) is 0 Å². The van der Waals surface area contributed by atoms with Crippen molar-refractivity contribution in [3.63, 3.8) is 0 Å². The van der Waals surface area contributed by atoms with Gasteiger partial charge in [0.25, 0.3) is 5.91 Å². The fraction of sp³-hybridized carbons (Fsp3) is 0.368. The van der Waals surface area contributed by atoms with Crippen molar-refractivity contribution in [2.24, 2.45) is 0 Å². The van der Waals surface area contributed by atoms with E-state index in [0.29, 0.717) is 11.5 Å². The number of hydrogen-bond acceptors (Lipinski definition) is 4. The van der Waals surface area contributed by atoms with Crippen molar-refractivity contribution in [1.29, 1.82) is 0 Å². The van der Waals surface area contributed by atoms with Gasteiger partial charge in [-0.2, -0.15) is 0 Å². The molecule has 1 aliphatic rings. The van der Waals surface area contributed by atoms with Gasteiger partial charge >= 0.3 is 0 Å². The van der Waals surface area contributed by atoms with Gasteiger partial charge in [0.1, 0.15) is 6.54 Å². The summed E-state index contributed by atoms with van der Waals surface area (Å²) < 4.78 is 10.9. The molecule has 0 radical (unpaired) electrons. The van der Waals surface area contributed by atoms with E-state index in [2.05, 4.69) is 4.98 Å². The van der Waals surface area contributed by atoms with Gasteiger partial charge in [0, 0.05) is 18.0 Å². The number of nitrogens with zero attached hydrogens (tertiary/aromatic N) is 2. The molecule has 0 unspecified atom stereocenters. The lowest BCUT2D eigenvalue weighted by atomic mass is 10.2. The second kappa shape index (κ2) is 8.48. The first-order valence-electron chi connectivity index (χ1n) is 8.52. The lowest BCUT2D eigenvalue weighted by Gasteiger charge is -2.32. The van der Waals surface area contributed by atoms with Crippen LogP contribution in [-0.4, -0.2) is 55.7 Å². The Balaban J connectivity index is 1.45. The molecule has 1 saturated heterocycles. The number of benzene rings is 1. The Morgan fingerprint density at radius 2 is 1.80 bits per heavy atom. The van der Waals surface area contributed by atoms with Gasteiger partial charge in [0.2, 0.25) is 0 Å². The summed E-state index contributed by atoms with van der Waals surface area (Å²) in [5.41, 5.74) is 1.28. The molecule has 6 heteroatoms. The van der Waals surface area contributed by atoms with E-state index in [9.17, 15) is 4.79 Å². The number of carbonyl (C=O) groups is 1. The molecule has 132 valence electrons. The Labute approximate surface area is 148 Å². The Morgan fingerprint density at radius 3 is 2.48 bits per heavy atom. The van der Waals surface area contributed by atoms with Crippen molar-refractivity contribution < 1.29 is 19.2 Å². The molecule has 1 N–H and O–H groups in total. The normalized spacial score (nSPS) is 15.0. The number of amides is 1. The highest BCUT2D eigenvalue weighted by Crippen LogP contribution is 2.25. The van der Waals surface area contributed by atoms with Gasteiger partial charge in [-0.3, -0.25) is 9.78 Å². The third-order valence-corrected chi connectivity index (χ3v) is 4.45. The van der Waals surface area contributed by atoms with Crippen LogP contribution in [0.5, 0.6) is 11.5 Å². The van der Waals surface area contributed by atoms with E-state index in [4.69, 9.17) is 9.47 Å². The zero-order valence-corrected chi connectivity index (χ0v) is 14.5. The molecule has 25 heavy (non-hydrogen) atoms. The highest BCUT2D eigenvalue weighted by atomic mass is 16.5. The summed E-state index contributed by atoms with van der Waals surface area (Å²) in [5.74, 6) is 1.26. The minimum Gasteiger partial charge on any atom is -0.493 e. The molecule has 0 atom stereocenters. The summed E-state index contributed by atoms with van der Waals surface area (Å²) in [4.78, 5) is 19.8. The van der Waals surface area contributed by atoms with E-state index in [1.54, 1.807) is 7.11 Å². The Bertz CT molecular complexity index is 685. The van der Waals surface area contributed by atoms with E-state index in [1.807, 2.05) is 53.7 Å².